The van der Waals surface area contributed by atoms with Crippen molar-refractivity contribution in [2.75, 3.05) is 13.6 Å². The summed E-state index contributed by atoms with van der Waals surface area (Å²) in [6, 6.07) is 6.10. The smallest absolute Gasteiger partial charge is 0.251 e. The number of pyridine rings is 1. The van der Waals surface area contributed by atoms with Crippen LogP contribution >= 0.6 is 0 Å². The molecule has 0 fully saturated rings. The maximum atomic E-state index is 12.4. The Morgan fingerprint density at radius 3 is 2.81 bits per heavy atom. The van der Waals surface area contributed by atoms with Crippen LogP contribution in [0, 0.1) is 13.8 Å². The van der Waals surface area contributed by atoms with Crippen LogP contribution in [0.5, 0.6) is 0 Å². The SMILES string of the molecule is C[NH+]=C/C(=C\N)c1ccc(Cc2cc3c(c(C)c2C)CCCNC3=O)cn1. The van der Waals surface area contributed by atoms with Crippen LogP contribution in [0.2, 0.25) is 0 Å². The Labute approximate surface area is 160 Å². The van der Waals surface area contributed by atoms with Gasteiger partial charge in [-0.3, -0.25) is 14.8 Å². The lowest BCUT2D eigenvalue weighted by Gasteiger charge is -2.16. The van der Waals surface area contributed by atoms with Gasteiger partial charge in [0.05, 0.1) is 11.3 Å². The summed E-state index contributed by atoms with van der Waals surface area (Å²) in [6.45, 7) is 5.02. The van der Waals surface area contributed by atoms with Gasteiger partial charge in [0.15, 0.2) is 6.21 Å². The number of fused-ring (bicyclic) bond motifs is 1. The quantitative estimate of drug-likeness (QED) is 0.710. The molecule has 4 N–H and O–H groups in total. The van der Waals surface area contributed by atoms with Crippen LogP contribution in [0.4, 0.5) is 0 Å². The van der Waals surface area contributed by atoms with E-state index in [0.29, 0.717) is 0 Å². The van der Waals surface area contributed by atoms with Crippen molar-refractivity contribution in [2.45, 2.75) is 33.1 Å². The van der Waals surface area contributed by atoms with Gasteiger partial charge < -0.3 is 11.1 Å². The van der Waals surface area contributed by atoms with Gasteiger partial charge in [-0.2, -0.15) is 0 Å². The molecule has 0 unspecified atom stereocenters. The highest BCUT2D eigenvalue weighted by atomic mass is 16.1. The summed E-state index contributed by atoms with van der Waals surface area (Å²) in [5, 5.41) is 3.00. The summed E-state index contributed by atoms with van der Waals surface area (Å²) in [5.74, 6) is 0.0423. The molecule has 140 valence electrons. The predicted octanol–water partition coefficient (Wildman–Crippen LogP) is 1.05. The summed E-state index contributed by atoms with van der Waals surface area (Å²) < 4.78 is 0. The lowest BCUT2D eigenvalue weighted by Crippen LogP contribution is -2.63. The maximum Gasteiger partial charge on any atom is 0.251 e. The van der Waals surface area contributed by atoms with Gasteiger partial charge in [0, 0.05) is 24.5 Å². The van der Waals surface area contributed by atoms with Gasteiger partial charge in [0.25, 0.3) is 5.91 Å². The van der Waals surface area contributed by atoms with E-state index in [1.54, 1.807) is 0 Å². The Kier molecular flexibility index (Phi) is 5.69. The van der Waals surface area contributed by atoms with Crippen LogP contribution in [0.25, 0.3) is 5.57 Å². The molecule has 2 aromatic rings. The van der Waals surface area contributed by atoms with Crippen LogP contribution in [-0.4, -0.2) is 30.7 Å². The molecule has 3 rings (SSSR count). The first-order valence-electron chi connectivity index (χ1n) is 9.33. The number of amides is 1. The lowest BCUT2D eigenvalue weighted by atomic mass is 9.89. The van der Waals surface area contributed by atoms with E-state index in [1.807, 2.05) is 25.5 Å². The number of allylic oxidation sites excluding steroid dienone is 1. The monoisotopic (exact) mass is 363 g/mol. The van der Waals surface area contributed by atoms with Crippen molar-refractivity contribution in [2.24, 2.45) is 5.73 Å². The standard InChI is InChI=1S/C22H26N4O/c1-14-15(2)19-5-4-8-25-22(27)20(19)10-17(14)9-16-6-7-21(26-12-16)18(11-23)13-24-3/h6-7,10-13H,4-5,8-9,23H2,1-3H3,(H,25,27)/p+1/b18-11+,24-13?. The third-order valence-corrected chi connectivity index (χ3v) is 5.27. The molecule has 2 heterocycles. The zero-order valence-electron chi connectivity index (χ0n) is 16.2. The average molecular weight is 363 g/mol. The number of carbonyl (C=O) groups is 1. The minimum absolute atomic E-state index is 0.0423. The third-order valence-electron chi connectivity index (χ3n) is 5.27. The molecule has 1 aromatic carbocycles. The van der Waals surface area contributed by atoms with Crippen LogP contribution in [0.3, 0.4) is 0 Å². The third kappa shape index (κ3) is 3.92. The first-order valence-corrected chi connectivity index (χ1v) is 9.33. The van der Waals surface area contributed by atoms with Crippen molar-refractivity contribution in [3.63, 3.8) is 0 Å². The molecule has 0 atom stereocenters. The molecule has 0 aliphatic carbocycles. The molecule has 27 heavy (non-hydrogen) atoms. The number of benzene rings is 1. The van der Waals surface area contributed by atoms with E-state index in [-0.39, 0.29) is 5.91 Å². The zero-order chi connectivity index (χ0) is 19.4. The molecular formula is C22H27N4O+. The number of nitrogens with zero attached hydrogens (tertiary/aromatic N) is 1. The van der Waals surface area contributed by atoms with Gasteiger partial charge >= 0.3 is 0 Å². The number of aromatic nitrogens is 1. The highest BCUT2D eigenvalue weighted by Gasteiger charge is 2.20. The van der Waals surface area contributed by atoms with Crippen molar-refractivity contribution < 1.29 is 9.79 Å². The van der Waals surface area contributed by atoms with Crippen LogP contribution in [0.15, 0.2) is 30.6 Å². The second kappa shape index (κ2) is 8.16. The fourth-order valence-corrected chi connectivity index (χ4v) is 3.59. The fourth-order valence-electron chi connectivity index (χ4n) is 3.59. The largest absolute Gasteiger partial charge is 0.404 e. The van der Waals surface area contributed by atoms with Gasteiger partial charge in [-0.05, 0) is 73.1 Å². The molecule has 5 nitrogen and oxygen atoms in total. The van der Waals surface area contributed by atoms with E-state index in [2.05, 4.69) is 41.3 Å². The van der Waals surface area contributed by atoms with E-state index in [9.17, 15) is 4.79 Å². The Morgan fingerprint density at radius 1 is 1.33 bits per heavy atom. The number of hydrogen-bond donors (Lipinski definition) is 3. The van der Waals surface area contributed by atoms with Crippen molar-refractivity contribution in [1.29, 1.82) is 0 Å². The van der Waals surface area contributed by atoms with Crippen molar-refractivity contribution in [3.05, 3.63) is 69.7 Å². The van der Waals surface area contributed by atoms with Crippen LogP contribution in [-0.2, 0) is 12.8 Å². The molecule has 1 aliphatic heterocycles. The fraction of sp³-hybridized carbons (Fsp3) is 0.318. The van der Waals surface area contributed by atoms with Crippen molar-refractivity contribution >= 4 is 17.7 Å². The summed E-state index contributed by atoms with van der Waals surface area (Å²) in [6.07, 6.45) is 7.93. The molecule has 1 amide bonds. The Hall–Kier alpha value is -2.95. The molecule has 0 radical (unpaired) electrons. The van der Waals surface area contributed by atoms with Gasteiger partial charge in [-0.1, -0.05) is 6.07 Å². The van der Waals surface area contributed by atoms with Gasteiger partial charge in [0.2, 0.25) is 0 Å². The van der Waals surface area contributed by atoms with Crippen molar-refractivity contribution in [3.8, 4) is 0 Å². The van der Waals surface area contributed by atoms with Crippen LogP contribution < -0.4 is 16.0 Å². The van der Waals surface area contributed by atoms with Gasteiger partial charge in [0.1, 0.15) is 7.05 Å². The summed E-state index contributed by atoms with van der Waals surface area (Å²) >= 11 is 0. The van der Waals surface area contributed by atoms with Gasteiger partial charge in [-0.15, -0.1) is 0 Å². The second-order valence-corrected chi connectivity index (χ2v) is 6.95. The molecule has 0 spiro atoms. The maximum absolute atomic E-state index is 12.4. The topological polar surface area (TPSA) is 82.0 Å². The number of nitrogens with one attached hydrogen (secondary N) is 2. The van der Waals surface area contributed by atoms with Crippen molar-refractivity contribution in [1.82, 2.24) is 10.3 Å². The van der Waals surface area contributed by atoms with E-state index < -0.39 is 0 Å². The minimum Gasteiger partial charge on any atom is -0.404 e. The molecule has 1 aliphatic rings. The molecule has 5 heteroatoms. The van der Waals surface area contributed by atoms with Crippen LogP contribution in [0.1, 0.15) is 50.3 Å². The Balaban J connectivity index is 1.92. The highest BCUT2D eigenvalue weighted by molar-refractivity contribution is 6.05. The van der Waals surface area contributed by atoms with E-state index in [0.717, 1.165) is 48.2 Å². The lowest BCUT2D eigenvalue weighted by molar-refractivity contribution is -0.412. The number of carbonyl (C=O) groups excluding carboxylic acids is 1. The minimum atomic E-state index is 0.0423. The number of rotatable bonds is 4. The summed E-state index contributed by atoms with van der Waals surface area (Å²) in [4.78, 5) is 19.9. The predicted molar refractivity (Wildman–Crippen MR) is 109 cm³/mol. The van der Waals surface area contributed by atoms with E-state index in [4.69, 9.17) is 5.73 Å². The zero-order valence-corrected chi connectivity index (χ0v) is 16.2. The average Bonchev–Trinajstić information content (AvgIpc) is 2.86. The first kappa shape index (κ1) is 18.8. The van der Waals surface area contributed by atoms with E-state index >= 15 is 0 Å². The summed E-state index contributed by atoms with van der Waals surface area (Å²) in [5.41, 5.74) is 14.1. The Morgan fingerprint density at radius 2 is 2.15 bits per heavy atom. The molecule has 0 saturated heterocycles. The Bertz CT molecular complexity index is 911. The molecule has 0 bridgehead atoms. The second-order valence-electron chi connectivity index (χ2n) is 6.95. The number of hydrogen-bond acceptors (Lipinski definition) is 3. The molecular weight excluding hydrogens is 336 g/mol. The first-order chi connectivity index (χ1) is 13.0. The highest BCUT2D eigenvalue weighted by Crippen LogP contribution is 2.27. The summed E-state index contributed by atoms with van der Waals surface area (Å²) in [7, 11) is 1.83. The number of nitrogens with two attached hydrogens (primary N) is 1. The normalized spacial score (nSPS) is 14.8. The molecule has 1 aromatic heterocycles. The van der Waals surface area contributed by atoms with Gasteiger partial charge in [-0.25, -0.2) is 0 Å². The molecule has 0 saturated carbocycles. The van der Waals surface area contributed by atoms with E-state index in [1.165, 1.54) is 28.5 Å².